The second-order valence-corrected chi connectivity index (χ2v) is 7.14. The Morgan fingerprint density at radius 2 is 1.89 bits per heavy atom. The van der Waals surface area contributed by atoms with E-state index >= 15 is 0 Å². The Balaban J connectivity index is 1.49. The van der Waals surface area contributed by atoms with Crippen molar-refractivity contribution in [2.45, 2.75) is 12.6 Å². The number of likely N-dealkylation sites (N-methyl/N-ethyl adjacent to an activating group) is 1. The highest BCUT2D eigenvalue weighted by atomic mass is 16.2. The Bertz CT molecular complexity index is 910. The van der Waals surface area contributed by atoms with Gasteiger partial charge in [-0.25, -0.2) is 9.78 Å². The number of carbonyl (C=O) groups excluding carboxylic acids is 1. The van der Waals surface area contributed by atoms with Crippen LogP contribution in [0.1, 0.15) is 17.2 Å². The van der Waals surface area contributed by atoms with Gasteiger partial charge in [-0.1, -0.05) is 48.5 Å². The maximum absolute atomic E-state index is 13.0. The minimum atomic E-state index is -0.0256. The van der Waals surface area contributed by atoms with E-state index in [0.717, 1.165) is 24.3 Å². The van der Waals surface area contributed by atoms with Crippen molar-refractivity contribution in [1.82, 2.24) is 24.7 Å². The molecule has 0 saturated carbocycles. The first-order chi connectivity index (χ1) is 13.7. The van der Waals surface area contributed by atoms with Gasteiger partial charge in [0, 0.05) is 38.6 Å². The molecule has 144 valence electrons. The van der Waals surface area contributed by atoms with Crippen LogP contribution in [0.3, 0.4) is 0 Å². The molecule has 2 amide bonds. The van der Waals surface area contributed by atoms with Crippen LogP contribution in [0.2, 0.25) is 0 Å². The number of imidazole rings is 1. The van der Waals surface area contributed by atoms with Crippen molar-refractivity contribution in [2.75, 3.05) is 26.7 Å². The molecule has 1 aliphatic rings. The molecule has 0 radical (unpaired) electrons. The van der Waals surface area contributed by atoms with Crippen LogP contribution in [-0.4, -0.2) is 52.1 Å². The summed E-state index contributed by atoms with van der Waals surface area (Å²) in [6.45, 7) is 2.90. The number of para-hydroxylation sites is 1. The van der Waals surface area contributed by atoms with E-state index < -0.39 is 0 Å². The summed E-state index contributed by atoms with van der Waals surface area (Å²) in [5, 5.41) is 3.12. The van der Waals surface area contributed by atoms with Gasteiger partial charge in [0.05, 0.1) is 18.1 Å². The number of nitrogens with zero attached hydrogens (tertiary/aromatic N) is 4. The maximum atomic E-state index is 13.0. The predicted octanol–water partition coefficient (Wildman–Crippen LogP) is 3.07. The summed E-state index contributed by atoms with van der Waals surface area (Å²) in [7, 11) is 2.10. The van der Waals surface area contributed by atoms with Gasteiger partial charge in [0.2, 0.25) is 0 Å². The number of amides is 2. The normalized spacial score (nSPS) is 17.5. The number of carbonyl (C=O) groups is 1. The fourth-order valence-corrected chi connectivity index (χ4v) is 3.71. The Labute approximate surface area is 165 Å². The van der Waals surface area contributed by atoms with Crippen LogP contribution in [-0.2, 0) is 6.54 Å². The first-order valence-corrected chi connectivity index (χ1v) is 9.56. The molecule has 6 heteroatoms. The topological polar surface area (TPSA) is 53.4 Å². The number of aromatic nitrogens is 2. The minimum absolute atomic E-state index is 0.0256. The summed E-state index contributed by atoms with van der Waals surface area (Å²) in [6, 6.07) is 18.3. The molecule has 0 aliphatic carbocycles. The van der Waals surface area contributed by atoms with Crippen LogP contribution in [0.4, 0.5) is 4.79 Å². The summed E-state index contributed by atoms with van der Waals surface area (Å²) in [4.78, 5) is 21.4. The molecule has 6 nitrogen and oxygen atoms in total. The fraction of sp³-hybridized carbons (Fsp3) is 0.273. The maximum Gasteiger partial charge on any atom is 0.318 e. The van der Waals surface area contributed by atoms with Gasteiger partial charge >= 0.3 is 6.03 Å². The third kappa shape index (κ3) is 3.92. The number of rotatable bonds is 4. The van der Waals surface area contributed by atoms with E-state index in [4.69, 9.17) is 0 Å². The number of hydrogen-bond acceptors (Lipinski definition) is 3. The Morgan fingerprint density at radius 1 is 1.11 bits per heavy atom. The summed E-state index contributed by atoms with van der Waals surface area (Å²) >= 11 is 0. The van der Waals surface area contributed by atoms with E-state index in [1.54, 1.807) is 12.5 Å². The molecule has 2 aromatic carbocycles. The molecule has 0 bridgehead atoms. The van der Waals surface area contributed by atoms with Gasteiger partial charge in [-0.15, -0.1) is 0 Å². The number of benzene rings is 2. The van der Waals surface area contributed by atoms with Gasteiger partial charge in [0.15, 0.2) is 0 Å². The summed E-state index contributed by atoms with van der Waals surface area (Å²) in [5.74, 6) is 0. The summed E-state index contributed by atoms with van der Waals surface area (Å²) < 4.78 is 1.96. The van der Waals surface area contributed by atoms with Crippen molar-refractivity contribution in [1.29, 1.82) is 0 Å². The van der Waals surface area contributed by atoms with Gasteiger partial charge in [0.25, 0.3) is 0 Å². The highest BCUT2D eigenvalue weighted by Crippen LogP contribution is 2.25. The number of urea groups is 1. The minimum Gasteiger partial charge on any atom is -0.334 e. The lowest BCUT2D eigenvalue weighted by molar-refractivity contribution is 0.108. The van der Waals surface area contributed by atoms with E-state index in [0.29, 0.717) is 13.1 Å². The zero-order valence-electron chi connectivity index (χ0n) is 16.0. The quantitative estimate of drug-likeness (QED) is 0.763. The Kier molecular flexibility index (Phi) is 5.39. The van der Waals surface area contributed by atoms with E-state index in [1.165, 1.54) is 5.56 Å². The second kappa shape index (κ2) is 8.27. The summed E-state index contributed by atoms with van der Waals surface area (Å²) in [6.07, 6.45) is 5.43. The molecule has 28 heavy (non-hydrogen) atoms. The van der Waals surface area contributed by atoms with Gasteiger partial charge in [0.1, 0.15) is 0 Å². The lowest BCUT2D eigenvalue weighted by Gasteiger charge is -2.40. The highest BCUT2D eigenvalue weighted by Gasteiger charge is 2.30. The smallest absolute Gasteiger partial charge is 0.318 e. The zero-order valence-corrected chi connectivity index (χ0v) is 16.0. The molecule has 1 saturated heterocycles. The first-order valence-electron chi connectivity index (χ1n) is 9.56. The van der Waals surface area contributed by atoms with E-state index in [1.807, 2.05) is 58.1 Å². The van der Waals surface area contributed by atoms with Gasteiger partial charge < -0.3 is 19.7 Å². The van der Waals surface area contributed by atoms with Gasteiger partial charge in [-0.2, -0.15) is 0 Å². The number of piperazine rings is 1. The van der Waals surface area contributed by atoms with E-state index in [-0.39, 0.29) is 12.1 Å². The molecule has 2 heterocycles. The molecule has 1 atom stereocenters. The molecular formula is C22H25N5O. The number of nitrogens with one attached hydrogen (secondary N) is 1. The lowest BCUT2D eigenvalue weighted by Crippen LogP contribution is -2.52. The Morgan fingerprint density at radius 3 is 2.68 bits per heavy atom. The van der Waals surface area contributed by atoms with Crippen LogP contribution in [0.25, 0.3) is 5.69 Å². The molecule has 1 aromatic heterocycles. The largest absolute Gasteiger partial charge is 0.334 e. The molecule has 3 aromatic rings. The van der Waals surface area contributed by atoms with Crippen LogP contribution in [0, 0.1) is 0 Å². The molecular weight excluding hydrogens is 350 g/mol. The van der Waals surface area contributed by atoms with Crippen molar-refractivity contribution in [3.05, 3.63) is 84.4 Å². The van der Waals surface area contributed by atoms with Crippen molar-refractivity contribution in [2.24, 2.45) is 0 Å². The first kappa shape index (κ1) is 18.3. The van der Waals surface area contributed by atoms with Crippen LogP contribution >= 0.6 is 0 Å². The van der Waals surface area contributed by atoms with Crippen molar-refractivity contribution in [3.8, 4) is 5.69 Å². The van der Waals surface area contributed by atoms with E-state index in [9.17, 15) is 4.79 Å². The lowest BCUT2D eigenvalue weighted by atomic mass is 10.0. The third-order valence-electron chi connectivity index (χ3n) is 5.23. The van der Waals surface area contributed by atoms with Crippen LogP contribution in [0.5, 0.6) is 0 Å². The van der Waals surface area contributed by atoms with Crippen molar-refractivity contribution >= 4 is 6.03 Å². The van der Waals surface area contributed by atoms with E-state index in [2.05, 4.69) is 34.4 Å². The van der Waals surface area contributed by atoms with Crippen LogP contribution in [0.15, 0.2) is 73.3 Å². The third-order valence-corrected chi connectivity index (χ3v) is 5.23. The highest BCUT2D eigenvalue weighted by molar-refractivity contribution is 5.75. The molecule has 1 aliphatic heterocycles. The average molecular weight is 375 g/mol. The van der Waals surface area contributed by atoms with Gasteiger partial charge in [-0.3, -0.25) is 0 Å². The second-order valence-electron chi connectivity index (χ2n) is 7.14. The molecule has 1 unspecified atom stereocenters. The zero-order chi connectivity index (χ0) is 19.3. The van der Waals surface area contributed by atoms with Crippen molar-refractivity contribution < 1.29 is 4.79 Å². The Hall–Kier alpha value is -3.12. The fourth-order valence-electron chi connectivity index (χ4n) is 3.71. The monoisotopic (exact) mass is 375 g/mol. The van der Waals surface area contributed by atoms with Crippen LogP contribution < -0.4 is 5.32 Å². The van der Waals surface area contributed by atoms with Gasteiger partial charge in [-0.05, 0) is 24.2 Å². The average Bonchev–Trinajstić information content (AvgIpc) is 3.27. The standard InChI is InChI=1S/C22H25N5O/c1-25-13-14-27(21(16-25)18-7-3-2-4-8-18)22(28)24-15-19-9-5-6-10-20(19)26-12-11-23-17-26/h2-12,17,21H,13-16H2,1H3,(H,24,28). The molecule has 1 N–H and O–H groups in total. The SMILES string of the molecule is CN1CCN(C(=O)NCc2ccccc2-n2ccnc2)C(c2ccccc2)C1. The predicted molar refractivity (Wildman–Crippen MR) is 109 cm³/mol. The molecule has 0 spiro atoms. The summed E-state index contributed by atoms with van der Waals surface area (Å²) in [5.41, 5.74) is 3.25. The number of hydrogen-bond donors (Lipinski definition) is 1. The van der Waals surface area contributed by atoms with Crippen molar-refractivity contribution in [3.63, 3.8) is 0 Å². The molecule has 4 rings (SSSR count). The molecule has 1 fully saturated rings.